The molecule has 150 valence electrons. The van der Waals surface area contributed by atoms with Gasteiger partial charge >= 0.3 is 0 Å². The molecule has 0 N–H and O–H groups in total. The number of amides is 1. The van der Waals surface area contributed by atoms with Gasteiger partial charge in [-0.05, 0) is 51.3 Å². The van der Waals surface area contributed by atoms with E-state index in [2.05, 4.69) is 28.9 Å². The fourth-order valence-electron chi connectivity index (χ4n) is 3.85. The molecule has 7 heteroatoms. The lowest BCUT2D eigenvalue weighted by molar-refractivity contribution is 0.0706. The summed E-state index contributed by atoms with van der Waals surface area (Å²) in [5, 5.41) is 4.32. The first-order chi connectivity index (χ1) is 14.0. The van der Waals surface area contributed by atoms with Gasteiger partial charge in [-0.3, -0.25) is 14.5 Å². The van der Waals surface area contributed by atoms with Crippen molar-refractivity contribution in [3.05, 3.63) is 60.2 Å². The molecule has 1 fully saturated rings. The summed E-state index contributed by atoms with van der Waals surface area (Å²) in [4.78, 5) is 28.3. The number of hydrogen-bond donors (Lipinski definition) is 0. The Kier molecular flexibility index (Phi) is 5.38. The van der Waals surface area contributed by atoms with Crippen molar-refractivity contribution in [3.8, 4) is 11.1 Å². The van der Waals surface area contributed by atoms with Crippen LogP contribution in [0.15, 0.2) is 43.1 Å². The molecule has 4 heterocycles. The van der Waals surface area contributed by atoms with Crippen LogP contribution in [0.3, 0.4) is 0 Å². The van der Waals surface area contributed by atoms with Gasteiger partial charge in [0.1, 0.15) is 5.82 Å². The predicted octanol–water partition coefficient (Wildman–Crippen LogP) is 3.64. The molecule has 29 heavy (non-hydrogen) atoms. The Bertz CT molecular complexity index is 998. The van der Waals surface area contributed by atoms with Gasteiger partial charge in [0.15, 0.2) is 0 Å². The van der Waals surface area contributed by atoms with Crippen LogP contribution >= 0.6 is 0 Å². The second-order valence-corrected chi connectivity index (χ2v) is 7.85. The van der Waals surface area contributed by atoms with E-state index in [0.717, 1.165) is 42.0 Å². The van der Waals surface area contributed by atoms with E-state index in [1.807, 2.05) is 41.0 Å². The van der Waals surface area contributed by atoms with Gasteiger partial charge in [0.25, 0.3) is 5.91 Å². The zero-order valence-electron chi connectivity index (χ0n) is 17.1. The number of carbonyl (C=O) groups is 1. The average molecular weight is 390 g/mol. The van der Waals surface area contributed by atoms with Crippen molar-refractivity contribution < 1.29 is 4.79 Å². The number of pyridine rings is 1. The normalized spacial score (nSPS) is 17.0. The summed E-state index contributed by atoms with van der Waals surface area (Å²) in [6.07, 6.45) is 10.9. The second kappa shape index (κ2) is 8.11. The van der Waals surface area contributed by atoms with Crippen LogP contribution in [0.1, 0.15) is 60.5 Å². The SMILES string of the molecule is Cc1ncc(-c2ccncc2)c([C@@H]2CCCN(C(=O)c3cnn(C(C)C)c3)C2)n1. The highest BCUT2D eigenvalue weighted by Crippen LogP contribution is 2.33. The Morgan fingerprint density at radius 3 is 2.72 bits per heavy atom. The minimum atomic E-state index is 0.0397. The van der Waals surface area contributed by atoms with Crippen LogP contribution in [0.5, 0.6) is 0 Å². The first-order valence-electron chi connectivity index (χ1n) is 10.1. The average Bonchev–Trinajstić information content (AvgIpc) is 3.24. The van der Waals surface area contributed by atoms with Gasteiger partial charge < -0.3 is 4.90 Å². The van der Waals surface area contributed by atoms with Crippen molar-refractivity contribution in [2.24, 2.45) is 0 Å². The fraction of sp³-hybridized carbons (Fsp3) is 0.409. The van der Waals surface area contributed by atoms with E-state index in [4.69, 9.17) is 4.98 Å². The smallest absolute Gasteiger partial charge is 0.257 e. The molecule has 0 bridgehead atoms. The van der Waals surface area contributed by atoms with Gasteiger partial charge in [0.05, 0.1) is 17.5 Å². The summed E-state index contributed by atoms with van der Waals surface area (Å²) in [5.41, 5.74) is 3.73. The quantitative estimate of drug-likeness (QED) is 0.680. The fourth-order valence-corrected chi connectivity index (χ4v) is 3.85. The van der Waals surface area contributed by atoms with Gasteiger partial charge in [0.2, 0.25) is 0 Å². The Balaban J connectivity index is 1.60. The van der Waals surface area contributed by atoms with Crippen LogP contribution in [0.4, 0.5) is 0 Å². The molecular formula is C22H26N6O. The zero-order valence-corrected chi connectivity index (χ0v) is 17.1. The van der Waals surface area contributed by atoms with E-state index >= 15 is 0 Å². The molecule has 3 aromatic rings. The molecule has 0 unspecified atom stereocenters. The van der Waals surface area contributed by atoms with Crippen LogP contribution in [0, 0.1) is 6.92 Å². The first-order valence-corrected chi connectivity index (χ1v) is 10.1. The van der Waals surface area contributed by atoms with Crippen molar-refractivity contribution in [1.29, 1.82) is 0 Å². The Labute approximate surface area is 170 Å². The van der Waals surface area contributed by atoms with E-state index in [1.165, 1.54) is 0 Å². The van der Waals surface area contributed by atoms with Crippen LogP contribution in [0.2, 0.25) is 0 Å². The lowest BCUT2D eigenvalue weighted by Gasteiger charge is -2.33. The molecule has 0 radical (unpaired) electrons. The minimum absolute atomic E-state index is 0.0397. The highest BCUT2D eigenvalue weighted by atomic mass is 16.2. The number of piperidine rings is 1. The number of hydrogen-bond acceptors (Lipinski definition) is 5. The number of rotatable bonds is 4. The number of aryl methyl sites for hydroxylation is 1. The molecule has 7 nitrogen and oxygen atoms in total. The Hall–Kier alpha value is -3.09. The molecule has 1 saturated heterocycles. The largest absolute Gasteiger partial charge is 0.338 e. The topological polar surface area (TPSA) is 76.8 Å². The summed E-state index contributed by atoms with van der Waals surface area (Å²) in [6, 6.07) is 4.19. The number of aromatic nitrogens is 5. The van der Waals surface area contributed by atoms with Gasteiger partial charge in [-0.15, -0.1) is 0 Å². The standard InChI is InChI=1S/C22H26N6O/c1-15(2)28-14-19(11-25-28)22(29)27-10-4-5-18(13-27)21-20(12-24-16(3)26-21)17-6-8-23-9-7-17/h6-9,11-12,14-15,18H,4-5,10,13H2,1-3H3/t18-/m1/s1. The van der Waals surface area contributed by atoms with Crippen molar-refractivity contribution in [2.75, 3.05) is 13.1 Å². The van der Waals surface area contributed by atoms with Crippen LogP contribution in [-0.2, 0) is 0 Å². The molecule has 0 spiro atoms. The van der Waals surface area contributed by atoms with Crippen LogP contribution in [0.25, 0.3) is 11.1 Å². The number of nitrogens with zero attached hydrogens (tertiary/aromatic N) is 6. The van der Waals surface area contributed by atoms with Gasteiger partial charge in [-0.2, -0.15) is 5.10 Å². The van der Waals surface area contributed by atoms with E-state index < -0.39 is 0 Å². The van der Waals surface area contributed by atoms with Crippen molar-refractivity contribution in [3.63, 3.8) is 0 Å². The van der Waals surface area contributed by atoms with E-state index in [9.17, 15) is 4.79 Å². The monoisotopic (exact) mass is 390 g/mol. The molecule has 0 aromatic carbocycles. The van der Waals surface area contributed by atoms with Crippen LogP contribution < -0.4 is 0 Å². The lowest BCUT2D eigenvalue weighted by atomic mass is 9.90. The third-order valence-electron chi connectivity index (χ3n) is 5.40. The Morgan fingerprint density at radius 2 is 2.00 bits per heavy atom. The second-order valence-electron chi connectivity index (χ2n) is 7.85. The van der Waals surface area contributed by atoms with Crippen molar-refractivity contribution in [1.82, 2.24) is 29.6 Å². The third-order valence-corrected chi connectivity index (χ3v) is 5.40. The maximum absolute atomic E-state index is 13.1. The van der Waals surface area contributed by atoms with Crippen LogP contribution in [-0.4, -0.2) is 48.6 Å². The van der Waals surface area contributed by atoms with Crippen molar-refractivity contribution in [2.45, 2.75) is 45.6 Å². The summed E-state index contributed by atoms with van der Waals surface area (Å²) >= 11 is 0. The molecule has 1 atom stereocenters. The van der Waals surface area contributed by atoms with Gasteiger partial charge in [-0.1, -0.05) is 0 Å². The maximum Gasteiger partial charge on any atom is 0.257 e. The molecule has 3 aromatic heterocycles. The minimum Gasteiger partial charge on any atom is -0.338 e. The summed E-state index contributed by atoms with van der Waals surface area (Å²) in [7, 11) is 0. The molecule has 1 amide bonds. The molecular weight excluding hydrogens is 364 g/mol. The summed E-state index contributed by atoms with van der Waals surface area (Å²) in [5.74, 6) is 0.968. The van der Waals surface area contributed by atoms with Crippen molar-refractivity contribution >= 4 is 5.91 Å². The maximum atomic E-state index is 13.1. The molecule has 0 saturated carbocycles. The third kappa shape index (κ3) is 4.04. The highest BCUT2D eigenvalue weighted by molar-refractivity contribution is 5.93. The zero-order chi connectivity index (χ0) is 20.4. The molecule has 4 rings (SSSR count). The number of likely N-dealkylation sites (tertiary alicyclic amines) is 1. The van der Waals surface area contributed by atoms with Gasteiger partial charge in [-0.25, -0.2) is 9.97 Å². The van der Waals surface area contributed by atoms with Gasteiger partial charge in [0, 0.05) is 55.4 Å². The van der Waals surface area contributed by atoms with E-state index in [-0.39, 0.29) is 17.9 Å². The lowest BCUT2D eigenvalue weighted by Crippen LogP contribution is -2.39. The Morgan fingerprint density at radius 1 is 1.21 bits per heavy atom. The molecule has 0 aliphatic carbocycles. The highest BCUT2D eigenvalue weighted by Gasteiger charge is 2.29. The van der Waals surface area contributed by atoms with E-state index in [1.54, 1.807) is 18.6 Å². The van der Waals surface area contributed by atoms with E-state index in [0.29, 0.717) is 12.1 Å². The first kappa shape index (κ1) is 19.2. The summed E-state index contributed by atoms with van der Waals surface area (Å²) in [6.45, 7) is 7.43. The summed E-state index contributed by atoms with van der Waals surface area (Å²) < 4.78 is 1.82. The number of carbonyl (C=O) groups excluding carboxylic acids is 1. The molecule has 1 aliphatic rings. The molecule has 1 aliphatic heterocycles. The predicted molar refractivity (Wildman–Crippen MR) is 110 cm³/mol.